The first-order chi connectivity index (χ1) is 20.4. The Labute approximate surface area is 249 Å². The molecule has 7 nitrogen and oxygen atoms in total. The highest BCUT2D eigenvalue weighted by Gasteiger charge is 2.38. The van der Waals surface area contributed by atoms with Crippen molar-refractivity contribution in [3.05, 3.63) is 95.8 Å². The Morgan fingerprint density at radius 1 is 1.02 bits per heavy atom. The maximum absolute atomic E-state index is 14.6. The molecule has 9 heteroatoms. The molecule has 1 saturated heterocycles. The number of rotatable bonds is 6. The zero-order valence-corrected chi connectivity index (χ0v) is 24.5. The van der Waals surface area contributed by atoms with Gasteiger partial charge in [0.1, 0.15) is 23.9 Å². The number of ether oxygens (including phenoxy) is 1. The fraction of sp³-hybridized carbons (Fsp3) is 0.303. The van der Waals surface area contributed by atoms with Crippen molar-refractivity contribution in [1.82, 2.24) is 14.7 Å². The van der Waals surface area contributed by atoms with Gasteiger partial charge in [0, 0.05) is 24.2 Å². The Balaban J connectivity index is 1.56. The Kier molecular flexibility index (Phi) is 8.02. The minimum Gasteiger partial charge on any atom is -0.497 e. The molecule has 0 radical (unpaired) electrons. The van der Waals surface area contributed by atoms with Crippen LogP contribution in [0.25, 0.3) is 16.9 Å². The summed E-state index contributed by atoms with van der Waals surface area (Å²) in [5.41, 5.74) is 3.78. The molecule has 6 rings (SSSR count). The average Bonchev–Trinajstić information content (AvgIpc) is 3.34. The number of likely N-dealkylation sites (tertiary alicyclic amines) is 1. The van der Waals surface area contributed by atoms with Gasteiger partial charge in [0.25, 0.3) is 0 Å². The first-order valence-electron chi connectivity index (χ1n) is 14.2. The highest BCUT2D eigenvalue weighted by Crippen LogP contribution is 2.48. The summed E-state index contributed by atoms with van der Waals surface area (Å²) < 4.78 is 21.7. The van der Waals surface area contributed by atoms with Crippen LogP contribution in [-0.2, 0) is 9.59 Å². The second-order valence-electron chi connectivity index (χ2n) is 10.9. The predicted molar refractivity (Wildman–Crippen MR) is 164 cm³/mol. The third kappa shape index (κ3) is 5.53. The summed E-state index contributed by atoms with van der Waals surface area (Å²) in [6.07, 6.45) is 1.90. The molecule has 0 aliphatic carbocycles. The SMILES string of the molecule is COc1ccc(-n2nc(-c3ccccc3)c3c2N(CC(=O)N2CCC(C)CC2)C(=O)CS[C@@H]3c2cccc(F)c2)cc1. The predicted octanol–water partition coefficient (Wildman–Crippen LogP) is 6.11. The number of hydrogen-bond donors (Lipinski definition) is 0. The monoisotopic (exact) mass is 584 g/mol. The highest BCUT2D eigenvalue weighted by atomic mass is 32.2. The van der Waals surface area contributed by atoms with Crippen LogP contribution in [0, 0.1) is 11.7 Å². The lowest BCUT2D eigenvalue weighted by molar-refractivity contribution is -0.132. The van der Waals surface area contributed by atoms with Crippen molar-refractivity contribution >= 4 is 29.4 Å². The van der Waals surface area contributed by atoms with Crippen molar-refractivity contribution in [3.63, 3.8) is 0 Å². The standard InChI is InChI=1S/C33H33FN4O3S/c1-22-15-17-36(18-16-22)28(39)20-37-29(40)21-42-32(24-9-6-10-25(34)19-24)30-31(23-7-4-3-5-8-23)35-38(33(30)37)26-11-13-27(41-2)14-12-26/h3-14,19,22,32H,15-18,20-21H2,1-2H3/t32-/m1/s1. The van der Waals surface area contributed by atoms with E-state index in [-0.39, 0.29) is 29.9 Å². The van der Waals surface area contributed by atoms with Crippen LogP contribution in [0.1, 0.15) is 36.1 Å². The Morgan fingerprint density at radius 3 is 2.45 bits per heavy atom. The van der Waals surface area contributed by atoms with Crippen LogP contribution in [0.4, 0.5) is 10.2 Å². The second-order valence-corrected chi connectivity index (χ2v) is 11.9. The molecule has 3 aromatic carbocycles. The van der Waals surface area contributed by atoms with E-state index in [1.54, 1.807) is 22.8 Å². The smallest absolute Gasteiger partial charge is 0.242 e. The molecule has 0 unspecified atom stereocenters. The summed E-state index contributed by atoms with van der Waals surface area (Å²) in [4.78, 5) is 31.0. The average molecular weight is 585 g/mol. The topological polar surface area (TPSA) is 67.7 Å². The van der Waals surface area contributed by atoms with Crippen LogP contribution in [0.3, 0.4) is 0 Å². The van der Waals surface area contributed by atoms with Crippen LogP contribution < -0.4 is 9.64 Å². The summed E-state index contributed by atoms with van der Waals surface area (Å²) >= 11 is 1.43. The number of carbonyl (C=O) groups is 2. The van der Waals surface area contributed by atoms with Crippen molar-refractivity contribution in [3.8, 4) is 22.7 Å². The number of thioether (sulfide) groups is 1. The van der Waals surface area contributed by atoms with E-state index < -0.39 is 5.25 Å². The molecule has 216 valence electrons. The van der Waals surface area contributed by atoms with Crippen molar-refractivity contribution < 1.29 is 18.7 Å². The van der Waals surface area contributed by atoms with E-state index in [4.69, 9.17) is 9.84 Å². The molecule has 2 amide bonds. The summed E-state index contributed by atoms with van der Waals surface area (Å²) in [6, 6.07) is 23.7. The number of nitrogens with zero attached hydrogens (tertiary/aromatic N) is 4. The van der Waals surface area contributed by atoms with Gasteiger partial charge in [0.15, 0.2) is 0 Å². The molecule has 2 aliphatic rings. The number of fused-ring (bicyclic) bond motifs is 1. The second kappa shape index (κ2) is 12.0. The quantitative estimate of drug-likeness (QED) is 0.273. The van der Waals surface area contributed by atoms with Gasteiger partial charge >= 0.3 is 0 Å². The van der Waals surface area contributed by atoms with Crippen molar-refractivity contribution in [2.45, 2.75) is 25.0 Å². The first-order valence-corrected chi connectivity index (χ1v) is 15.3. The summed E-state index contributed by atoms with van der Waals surface area (Å²) in [5.74, 6) is 1.32. The van der Waals surface area contributed by atoms with Gasteiger partial charge < -0.3 is 9.64 Å². The van der Waals surface area contributed by atoms with E-state index in [1.165, 1.54) is 23.9 Å². The van der Waals surface area contributed by atoms with Crippen molar-refractivity contribution in [2.24, 2.45) is 5.92 Å². The van der Waals surface area contributed by atoms with Gasteiger partial charge in [-0.25, -0.2) is 9.07 Å². The number of carbonyl (C=O) groups excluding carboxylic acids is 2. The lowest BCUT2D eigenvalue weighted by atomic mass is 9.99. The zero-order chi connectivity index (χ0) is 29.2. The Bertz CT molecular complexity index is 1580. The highest BCUT2D eigenvalue weighted by molar-refractivity contribution is 8.00. The lowest BCUT2D eigenvalue weighted by Gasteiger charge is -2.32. The summed E-state index contributed by atoms with van der Waals surface area (Å²) in [5, 5.41) is 4.70. The van der Waals surface area contributed by atoms with Gasteiger partial charge in [0.05, 0.1) is 29.5 Å². The molecule has 42 heavy (non-hydrogen) atoms. The molecule has 1 fully saturated rings. The number of amides is 2. The number of anilines is 1. The molecule has 0 bridgehead atoms. The van der Waals surface area contributed by atoms with Gasteiger partial charge in [-0.3, -0.25) is 14.5 Å². The van der Waals surface area contributed by atoms with Gasteiger partial charge in [-0.15, -0.1) is 11.8 Å². The van der Waals surface area contributed by atoms with Gasteiger partial charge in [-0.1, -0.05) is 49.4 Å². The largest absolute Gasteiger partial charge is 0.497 e. The molecule has 1 atom stereocenters. The third-order valence-electron chi connectivity index (χ3n) is 8.03. The number of methoxy groups -OCH3 is 1. The minimum absolute atomic E-state index is 0.0841. The first kappa shape index (κ1) is 28.0. The number of hydrogen-bond acceptors (Lipinski definition) is 5. The fourth-order valence-electron chi connectivity index (χ4n) is 5.66. The maximum atomic E-state index is 14.6. The number of aromatic nitrogens is 2. The Hall–Kier alpha value is -4.11. The van der Waals surface area contributed by atoms with Gasteiger partial charge in [-0.2, -0.15) is 5.10 Å². The lowest BCUT2D eigenvalue weighted by Crippen LogP contribution is -2.46. The van der Waals surface area contributed by atoms with Crippen LogP contribution in [0.2, 0.25) is 0 Å². The summed E-state index contributed by atoms with van der Waals surface area (Å²) in [6.45, 7) is 3.48. The van der Waals surface area contributed by atoms with Crippen molar-refractivity contribution in [1.29, 1.82) is 0 Å². The molecular weight excluding hydrogens is 551 g/mol. The molecule has 0 spiro atoms. The summed E-state index contributed by atoms with van der Waals surface area (Å²) in [7, 11) is 1.61. The zero-order valence-electron chi connectivity index (χ0n) is 23.7. The molecule has 4 aromatic rings. The fourth-order valence-corrected chi connectivity index (χ4v) is 6.85. The van der Waals surface area contributed by atoms with E-state index in [1.807, 2.05) is 65.6 Å². The van der Waals surface area contributed by atoms with Gasteiger partial charge in [-0.05, 0) is 60.7 Å². The molecule has 1 aromatic heterocycles. The van der Waals surface area contributed by atoms with E-state index in [0.717, 1.165) is 35.2 Å². The molecular formula is C33H33FN4O3S. The van der Waals surface area contributed by atoms with Crippen molar-refractivity contribution in [2.75, 3.05) is 37.4 Å². The van der Waals surface area contributed by atoms with E-state index in [0.29, 0.717) is 36.3 Å². The van der Waals surface area contributed by atoms with E-state index >= 15 is 0 Å². The number of halogens is 1. The van der Waals surface area contributed by atoms with Crippen LogP contribution in [-0.4, -0.2) is 59.0 Å². The molecule has 0 N–H and O–H groups in total. The van der Waals surface area contributed by atoms with Gasteiger partial charge in [0.2, 0.25) is 11.8 Å². The Morgan fingerprint density at radius 2 is 1.76 bits per heavy atom. The number of benzene rings is 3. The van der Waals surface area contributed by atoms with E-state index in [9.17, 15) is 14.0 Å². The van der Waals surface area contributed by atoms with Crippen LogP contribution in [0.5, 0.6) is 5.75 Å². The van der Waals surface area contributed by atoms with Crippen LogP contribution in [0.15, 0.2) is 78.9 Å². The molecule has 0 saturated carbocycles. The maximum Gasteiger partial charge on any atom is 0.242 e. The number of piperidine rings is 1. The minimum atomic E-state index is -0.391. The third-order valence-corrected chi connectivity index (χ3v) is 9.29. The molecule has 2 aliphatic heterocycles. The van der Waals surface area contributed by atoms with Crippen LogP contribution >= 0.6 is 11.8 Å². The normalized spacial score (nSPS) is 17.6. The molecule has 3 heterocycles. The van der Waals surface area contributed by atoms with E-state index in [2.05, 4.69) is 6.92 Å².